The molecule has 1 saturated heterocycles. The maximum Gasteiger partial charge on any atom is 0.334 e. The third-order valence-electron chi connectivity index (χ3n) is 5.39. The van der Waals surface area contributed by atoms with Gasteiger partial charge in [0.05, 0.1) is 5.92 Å². The Hall–Kier alpha value is -2.48. The van der Waals surface area contributed by atoms with Crippen molar-refractivity contribution < 1.29 is 38.5 Å². The van der Waals surface area contributed by atoms with Gasteiger partial charge in [0, 0.05) is 31.8 Å². The smallest absolute Gasteiger partial charge is 0.334 e. The molecule has 0 amide bonds. The number of Topliss-reactive ketones (excluding diaryl/α,β-unsaturated/α-hetero) is 1. The van der Waals surface area contributed by atoms with Gasteiger partial charge in [-0.25, -0.2) is 4.79 Å². The van der Waals surface area contributed by atoms with Crippen molar-refractivity contribution in [1.82, 2.24) is 0 Å². The van der Waals surface area contributed by atoms with Crippen LogP contribution in [0.5, 0.6) is 0 Å². The summed E-state index contributed by atoms with van der Waals surface area (Å²) in [6, 6.07) is 0. The number of aliphatic hydroxyl groups is 1. The van der Waals surface area contributed by atoms with Gasteiger partial charge in [-0.15, -0.1) is 0 Å². The molecule has 1 fully saturated rings. The second-order valence-corrected chi connectivity index (χ2v) is 8.61. The first-order valence-corrected chi connectivity index (χ1v) is 10.0. The van der Waals surface area contributed by atoms with E-state index in [1.54, 1.807) is 13.0 Å². The Morgan fingerprint density at radius 3 is 2.53 bits per heavy atom. The number of hydrogen-bond acceptors (Lipinski definition) is 8. The molecule has 5 unspecified atom stereocenters. The van der Waals surface area contributed by atoms with Crippen molar-refractivity contribution >= 4 is 23.7 Å². The van der Waals surface area contributed by atoms with Crippen molar-refractivity contribution in [2.45, 2.75) is 77.8 Å². The molecule has 8 nitrogen and oxygen atoms in total. The van der Waals surface area contributed by atoms with E-state index in [1.165, 1.54) is 6.92 Å². The van der Waals surface area contributed by atoms with Crippen molar-refractivity contribution in [2.75, 3.05) is 0 Å². The predicted molar refractivity (Wildman–Crippen MR) is 106 cm³/mol. The highest BCUT2D eigenvalue weighted by Crippen LogP contribution is 2.40. The van der Waals surface area contributed by atoms with Crippen LogP contribution in [0.2, 0.25) is 0 Å². The van der Waals surface area contributed by atoms with Gasteiger partial charge in [-0.1, -0.05) is 32.1 Å². The summed E-state index contributed by atoms with van der Waals surface area (Å²) in [6.07, 6.45) is -1.72. The Morgan fingerprint density at radius 2 is 1.97 bits per heavy atom. The molecule has 0 bridgehead atoms. The maximum atomic E-state index is 12.8. The zero-order valence-electron chi connectivity index (χ0n) is 18.1. The van der Waals surface area contributed by atoms with Gasteiger partial charge in [0.1, 0.15) is 6.10 Å². The standard InChI is InChI=1S/C22H30O8/c1-11(2)9-17(25)30-19-18-13(4)21(26)29-15(18)10-12(3)7-8-16(24)22(6,27)20(19)28-14(5)23/h7,11,15,18-20,27H,4,8-10H2,1-3,5-6H3. The van der Waals surface area contributed by atoms with E-state index in [-0.39, 0.29) is 30.8 Å². The van der Waals surface area contributed by atoms with Crippen LogP contribution in [0.4, 0.5) is 0 Å². The Labute approximate surface area is 176 Å². The van der Waals surface area contributed by atoms with Crippen molar-refractivity contribution in [3.05, 3.63) is 23.8 Å². The number of carbonyl (C=O) groups excluding carboxylic acids is 4. The number of carbonyl (C=O) groups is 4. The molecule has 166 valence electrons. The van der Waals surface area contributed by atoms with Crippen molar-refractivity contribution in [3.63, 3.8) is 0 Å². The van der Waals surface area contributed by atoms with E-state index in [0.29, 0.717) is 0 Å². The average molecular weight is 422 g/mol. The van der Waals surface area contributed by atoms with Crippen molar-refractivity contribution in [2.24, 2.45) is 11.8 Å². The van der Waals surface area contributed by atoms with Crippen LogP contribution in [0, 0.1) is 11.8 Å². The quantitative estimate of drug-likeness (QED) is 0.317. The summed E-state index contributed by atoms with van der Waals surface area (Å²) in [5, 5.41) is 11.1. The lowest BCUT2D eigenvalue weighted by atomic mass is 9.77. The Kier molecular flexibility index (Phi) is 7.23. The fourth-order valence-electron chi connectivity index (χ4n) is 3.80. The highest BCUT2D eigenvalue weighted by molar-refractivity contribution is 5.92. The molecule has 0 radical (unpaired) electrons. The number of rotatable bonds is 4. The molecule has 0 spiro atoms. The summed E-state index contributed by atoms with van der Waals surface area (Å²) in [4.78, 5) is 49.5. The first-order chi connectivity index (χ1) is 13.8. The summed E-state index contributed by atoms with van der Waals surface area (Å²) >= 11 is 0. The Balaban J connectivity index is 2.62. The van der Waals surface area contributed by atoms with Gasteiger partial charge >= 0.3 is 17.9 Å². The summed E-state index contributed by atoms with van der Waals surface area (Å²) in [6.45, 7) is 11.6. The zero-order chi connectivity index (χ0) is 22.8. The normalized spacial score (nSPS) is 32.2. The lowest BCUT2D eigenvalue weighted by Crippen LogP contribution is -2.58. The fraction of sp³-hybridized carbons (Fsp3) is 0.636. The van der Waals surface area contributed by atoms with Gasteiger partial charge in [-0.2, -0.15) is 0 Å². The monoisotopic (exact) mass is 422 g/mol. The second-order valence-electron chi connectivity index (χ2n) is 8.61. The molecular weight excluding hydrogens is 392 g/mol. The number of hydrogen-bond donors (Lipinski definition) is 1. The first kappa shape index (κ1) is 23.8. The molecule has 0 aromatic rings. The van der Waals surface area contributed by atoms with E-state index in [0.717, 1.165) is 12.5 Å². The molecule has 1 N–H and O–H groups in total. The SMILES string of the molecule is C=C1C(=O)OC2CC(C)=CCC(=O)C(C)(O)C(OC(C)=O)C(OC(=O)CC(C)C)C12. The highest BCUT2D eigenvalue weighted by Gasteiger charge is 2.55. The van der Waals surface area contributed by atoms with Crippen molar-refractivity contribution in [1.29, 1.82) is 0 Å². The van der Waals surface area contributed by atoms with Crippen LogP contribution < -0.4 is 0 Å². The molecule has 1 heterocycles. The number of fused-ring (bicyclic) bond motifs is 1. The summed E-state index contributed by atoms with van der Waals surface area (Å²) < 4.78 is 16.4. The van der Waals surface area contributed by atoms with Crippen molar-refractivity contribution in [3.8, 4) is 0 Å². The van der Waals surface area contributed by atoms with Crippen LogP contribution in [0.25, 0.3) is 0 Å². The van der Waals surface area contributed by atoms with Gasteiger partial charge in [-0.3, -0.25) is 14.4 Å². The summed E-state index contributed by atoms with van der Waals surface area (Å²) in [7, 11) is 0. The number of ether oxygens (including phenoxy) is 3. The van der Waals surface area contributed by atoms with Gasteiger partial charge < -0.3 is 19.3 Å². The van der Waals surface area contributed by atoms with E-state index in [1.807, 2.05) is 13.8 Å². The van der Waals surface area contributed by atoms with E-state index >= 15 is 0 Å². The third-order valence-corrected chi connectivity index (χ3v) is 5.39. The molecule has 0 aromatic carbocycles. The van der Waals surface area contributed by atoms with Crippen LogP contribution in [0.1, 0.15) is 53.9 Å². The van der Waals surface area contributed by atoms with Crippen LogP contribution in [-0.2, 0) is 33.4 Å². The third kappa shape index (κ3) is 5.16. The molecular formula is C22H30O8. The zero-order valence-corrected chi connectivity index (χ0v) is 18.1. The van der Waals surface area contributed by atoms with Gasteiger partial charge in [-0.05, 0) is 19.8 Å². The van der Waals surface area contributed by atoms with Gasteiger partial charge in [0.25, 0.3) is 0 Å². The molecule has 0 aromatic heterocycles. The molecule has 1 aliphatic carbocycles. The minimum atomic E-state index is -2.17. The highest BCUT2D eigenvalue weighted by atomic mass is 16.6. The Bertz CT molecular complexity index is 776. The van der Waals surface area contributed by atoms with Crippen LogP contribution in [0.3, 0.4) is 0 Å². The topological polar surface area (TPSA) is 116 Å². The predicted octanol–water partition coefficient (Wildman–Crippen LogP) is 2.03. The fourth-order valence-corrected chi connectivity index (χ4v) is 3.80. The molecule has 1 aliphatic heterocycles. The summed E-state index contributed by atoms with van der Waals surface area (Å²) in [5.41, 5.74) is -1.36. The van der Waals surface area contributed by atoms with Crippen LogP contribution in [-0.4, -0.2) is 52.7 Å². The largest absolute Gasteiger partial charge is 0.458 e. The van der Waals surface area contributed by atoms with Crippen LogP contribution in [0.15, 0.2) is 23.8 Å². The minimum Gasteiger partial charge on any atom is -0.458 e. The maximum absolute atomic E-state index is 12.8. The number of ketones is 1. The molecule has 5 atom stereocenters. The molecule has 2 rings (SSSR count). The van der Waals surface area contributed by atoms with E-state index in [4.69, 9.17) is 14.2 Å². The first-order valence-electron chi connectivity index (χ1n) is 10.0. The molecule has 8 heteroatoms. The number of esters is 3. The van der Waals surface area contributed by atoms with Gasteiger partial charge in [0.15, 0.2) is 23.6 Å². The van der Waals surface area contributed by atoms with Crippen LogP contribution >= 0.6 is 0 Å². The lowest BCUT2D eigenvalue weighted by Gasteiger charge is -2.39. The van der Waals surface area contributed by atoms with E-state index < -0.39 is 53.5 Å². The molecule has 30 heavy (non-hydrogen) atoms. The molecule has 0 saturated carbocycles. The summed E-state index contributed by atoms with van der Waals surface area (Å²) in [5.74, 6) is -3.54. The molecule has 2 aliphatic rings. The lowest BCUT2D eigenvalue weighted by molar-refractivity contribution is -0.197. The van der Waals surface area contributed by atoms with Gasteiger partial charge in [0.2, 0.25) is 0 Å². The van der Waals surface area contributed by atoms with E-state index in [2.05, 4.69) is 6.58 Å². The number of allylic oxidation sites excluding steroid dienone is 1. The minimum absolute atomic E-state index is 0.0167. The van der Waals surface area contributed by atoms with E-state index in [9.17, 15) is 24.3 Å². The second kappa shape index (κ2) is 9.12. The average Bonchev–Trinajstić information content (AvgIpc) is 2.88. The Morgan fingerprint density at radius 1 is 1.33 bits per heavy atom.